The summed E-state index contributed by atoms with van der Waals surface area (Å²) in [6, 6.07) is 15.0. The molecule has 98 valence electrons. The minimum absolute atomic E-state index is 1.02. The molecule has 20 heavy (non-hydrogen) atoms. The fourth-order valence-corrected chi connectivity index (χ4v) is 3.03. The minimum Gasteiger partial charge on any atom is -0.292 e. The molecule has 2 aromatic heterocycles. The molecule has 4 aromatic rings. The van der Waals surface area contributed by atoms with Crippen LogP contribution in [0, 0.1) is 6.92 Å². The van der Waals surface area contributed by atoms with Crippen LogP contribution in [0.5, 0.6) is 0 Å². The highest BCUT2D eigenvalue weighted by atomic mass is 15.0. The number of benzene rings is 2. The Hall–Kier alpha value is -2.35. The van der Waals surface area contributed by atoms with E-state index in [0.29, 0.717) is 0 Å². The first-order valence-electron chi connectivity index (χ1n) is 7.09. The predicted molar refractivity (Wildman–Crippen MR) is 84.9 cm³/mol. The number of hydrogen-bond donors (Lipinski definition) is 0. The van der Waals surface area contributed by atoms with E-state index in [1.54, 1.807) is 0 Å². The SMILES string of the molecule is CC/C=c1/c2cc(C)ccc2c2nc3ccccc3n12. The van der Waals surface area contributed by atoms with Crippen molar-refractivity contribution in [2.45, 2.75) is 20.3 Å². The molecule has 0 saturated carbocycles. The van der Waals surface area contributed by atoms with Crippen molar-refractivity contribution in [1.82, 2.24) is 9.38 Å². The van der Waals surface area contributed by atoms with Crippen molar-refractivity contribution in [2.75, 3.05) is 0 Å². The maximum Gasteiger partial charge on any atom is 0.146 e. The lowest BCUT2D eigenvalue weighted by Crippen LogP contribution is -2.07. The van der Waals surface area contributed by atoms with Gasteiger partial charge in [-0.3, -0.25) is 4.40 Å². The molecule has 0 atom stereocenters. The maximum absolute atomic E-state index is 4.82. The van der Waals surface area contributed by atoms with Crippen LogP contribution >= 0.6 is 0 Å². The molecule has 2 heterocycles. The summed E-state index contributed by atoms with van der Waals surface area (Å²) >= 11 is 0. The van der Waals surface area contributed by atoms with E-state index in [0.717, 1.165) is 17.6 Å². The van der Waals surface area contributed by atoms with Gasteiger partial charge in [0.25, 0.3) is 0 Å². The number of para-hydroxylation sites is 2. The quantitative estimate of drug-likeness (QED) is 0.508. The fraction of sp³-hybridized carbons (Fsp3) is 0.167. The average Bonchev–Trinajstić information content (AvgIpc) is 2.95. The molecular weight excluding hydrogens is 244 g/mol. The number of hydrogen-bond acceptors (Lipinski definition) is 1. The second kappa shape index (κ2) is 4.07. The van der Waals surface area contributed by atoms with Crippen molar-refractivity contribution < 1.29 is 0 Å². The summed E-state index contributed by atoms with van der Waals surface area (Å²) in [7, 11) is 0. The molecule has 0 aliphatic rings. The standard InChI is InChI=1S/C18H16N2/c1-3-6-16-14-11-12(2)9-10-13(14)18-19-15-7-4-5-8-17(15)20(16)18/h4-11H,3H2,1-2H3/b16-6-. The maximum atomic E-state index is 4.82. The number of rotatable bonds is 1. The second-order valence-electron chi connectivity index (χ2n) is 5.31. The van der Waals surface area contributed by atoms with E-state index in [-0.39, 0.29) is 0 Å². The zero-order valence-corrected chi connectivity index (χ0v) is 11.7. The van der Waals surface area contributed by atoms with Gasteiger partial charge in [-0.25, -0.2) is 4.98 Å². The van der Waals surface area contributed by atoms with Gasteiger partial charge in [0.1, 0.15) is 5.65 Å². The Balaban J connectivity index is 2.36. The van der Waals surface area contributed by atoms with Gasteiger partial charge in [0.05, 0.1) is 16.4 Å². The molecular formula is C18H16N2. The van der Waals surface area contributed by atoms with E-state index in [9.17, 15) is 0 Å². The Kier molecular flexibility index (Phi) is 2.34. The molecule has 0 fully saturated rings. The lowest BCUT2D eigenvalue weighted by molar-refractivity contribution is 1.19. The topological polar surface area (TPSA) is 17.3 Å². The van der Waals surface area contributed by atoms with Crippen molar-refractivity contribution in [3.05, 3.63) is 53.4 Å². The molecule has 0 unspecified atom stereocenters. The molecule has 0 N–H and O–H groups in total. The first kappa shape index (κ1) is 11.5. The summed E-state index contributed by atoms with van der Waals surface area (Å²) in [5.74, 6) is 0. The van der Waals surface area contributed by atoms with E-state index in [1.165, 1.54) is 27.2 Å². The number of nitrogens with zero attached hydrogens (tertiary/aromatic N) is 2. The molecule has 0 bridgehead atoms. The van der Waals surface area contributed by atoms with Crippen LogP contribution in [-0.2, 0) is 0 Å². The van der Waals surface area contributed by atoms with Gasteiger partial charge >= 0.3 is 0 Å². The highest BCUT2D eigenvalue weighted by Gasteiger charge is 2.12. The first-order valence-corrected chi connectivity index (χ1v) is 7.09. The van der Waals surface area contributed by atoms with Gasteiger partial charge in [0.2, 0.25) is 0 Å². The van der Waals surface area contributed by atoms with Crippen LogP contribution in [0.1, 0.15) is 18.9 Å². The average molecular weight is 260 g/mol. The largest absolute Gasteiger partial charge is 0.292 e. The van der Waals surface area contributed by atoms with Crippen molar-refractivity contribution in [3.63, 3.8) is 0 Å². The van der Waals surface area contributed by atoms with Gasteiger partial charge in [0, 0.05) is 10.8 Å². The molecule has 4 rings (SSSR count). The zero-order chi connectivity index (χ0) is 13.7. The summed E-state index contributed by atoms with van der Waals surface area (Å²) in [6.07, 6.45) is 3.32. The van der Waals surface area contributed by atoms with Crippen LogP contribution in [0.25, 0.3) is 33.5 Å². The summed E-state index contributed by atoms with van der Waals surface area (Å²) in [6.45, 7) is 4.32. The number of aryl methyl sites for hydroxylation is 1. The highest BCUT2D eigenvalue weighted by Crippen LogP contribution is 2.23. The van der Waals surface area contributed by atoms with Crippen molar-refractivity contribution in [3.8, 4) is 0 Å². The van der Waals surface area contributed by atoms with Gasteiger partial charge in [-0.05, 0) is 31.5 Å². The van der Waals surface area contributed by atoms with E-state index >= 15 is 0 Å². The van der Waals surface area contributed by atoms with Gasteiger partial charge in [-0.15, -0.1) is 0 Å². The smallest absolute Gasteiger partial charge is 0.146 e. The summed E-state index contributed by atoms with van der Waals surface area (Å²) in [4.78, 5) is 4.82. The van der Waals surface area contributed by atoms with E-state index < -0.39 is 0 Å². The van der Waals surface area contributed by atoms with Gasteiger partial charge in [-0.1, -0.05) is 42.8 Å². The van der Waals surface area contributed by atoms with Crippen molar-refractivity contribution >= 4 is 33.5 Å². The van der Waals surface area contributed by atoms with Crippen LogP contribution in [0.3, 0.4) is 0 Å². The monoisotopic (exact) mass is 260 g/mol. The van der Waals surface area contributed by atoms with Gasteiger partial charge in [-0.2, -0.15) is 0 Å². The van der Waals surface area contributed by atoms with Crippen molar-refractivity contribution in [1.29, 1.82) is 0 Å². The van der Waals surface area contributed by atoms with Gasteiger partial charge in [0.15, 0.2) is 0 Å². The van der Waals surface area contributed by atoms with Gasteiger partial charge < -0.3 is 0 Å². The van der Waals surface area contributed by atoms with E-state index in [4.69, 9.17) is 4.98 Å². The number of aromatic nitrogens is 2. The molecule has 0 amide bonds. The Morgan fingerprint density at radius 2 is 1.95 bits per heavy atom. The van der Waals surface area contributed by atoms with Crippen LogP contribution in [0.2, 0.25) is 0 Å². The minimum atomic E-state index is 1.02. The third-order valence-electron chi connectivity index (χ3n) is 3.89. The molecule has 2 aromatic carbocycles. The molecule has 0 aliphatic heterocycles. The highest BCUT2D eigenvalue weighted by molar-refractivity contribution is 6.01. The molecule has 0 spiro atoms. The zero-order valence-electron chi connectivity index (χ0n) is 11.7. The van der Waals surface area contributed by atoms with E-state index in [2.05, 4.69) is 60.7 Å². The van der Waals surface area contributed by atoms with Crippen molar-refractivity contribution in [2.24, 2.45) is 0 Å². The first-order chi connectivity index (χ1) is 9.79. The second-order valence-corrected chi connectivity index (χ2v) is 5.31. The Morgan fingerprint density at radius 3 is 2.80 bits per heavy atom. The molecule has 0 saturated heterocycles. The Labute approximate surface area is 117 Å². The molecule has 0 radical (unpaired) electrons. The lowest BCUT2D eigenvalue weighted by atomic mass is 10.1. The Bertz CT molecular complexity index is 993. The number of imidazole rings is 1. The summed E-state index contributed by atoms with van der Waals surface area (Å²) in [5.41, 5.74) is 4.62. The van der Waals surface area contributed by atoms with E-state index in [1.807, 2.05) is 6.07 Å². The lowest BCUT2D eigenvalue weighted by Gasteiger charge is -1.94. The predicted octanol–water partition coefficient (Wildman–Crippen LogP) is 3.86. The normalized spacial score (nSPS) is 13.0. The Morgan fingerprint density at radius 1 is 1.10 bits per heavy atom. The molecule has 2 nitrogen and oxygen atoms in total. The summed E-state index contributed by atoms with van der Waals surface area (Å²) < 4.78 is 2.29. The number of fused-ring (bicyclic) bond motifs is 5. The van der Waals surface area contributed by atoms with Crippen LogP contribution in [0.4, 0.5) is 0 Å². The fourth-order valence-electron chi connectivity index (χ4n) is 3.03. The van der Waals surface area contributed by atoms with Crippen LogP contribution < -0.4 is 5.35 Å². The third-order valence-corrected chi connectivity index (χ3v) is 3.89. The van der Waals surface area contributed by atoms with Crippen LogP contribution in [-0.4, -0.2) is 9.38 Å². The third kappa shape index (κ3) is 1.42. The molecule has 2 heteroatoms. The molecule has 0 aliphatic carbocycles. The summed E-state index contributed by atoms with van der Waals surface area (Å²) in [5, 5.41) is 3.82. The van der Waals surface area contributed by atoms with Crippen LogP contribution in [0.15, 0.2) is 42.5 Å².